The zero-order valence-electron chi connectivity index (χ0n) is 16.7. The maximum absolute atomic E-state index is 12.9. The highest BCUT2D eigenvalue weighted by Gasteiger charge is 2.28. The zero-order chi connectivity index (χ0) is 19.4. The van der Waals surface area contributed by atoms with Crippen LogP contribution in [0.4, 0.5) is 5.69 Å². The molecule has 0 saturated carbocycles. The van der Waals surface area contributed by atoms with Gasteiger partial charge in [0.15, 0.2) is 0 Å². The van der Waals surface area contributed by atoms with Gasteiger partial charge in [0, 0.05) is 47.9 Å². The molecule has 2 heterocycles. The molecule has 6 heteroatoms. The summed E-state index contributed by atoms with van der Waals surface area (Å²) in [7, 11) is 0. The Labute approximate surface area is 166 Å². The summed E-state index contributed by atoms with van der Waals surface area (Å²) in [6.07, 6.45) is 3.35. The lowest BCUT2D eigenvalue weighted by Gasteiger charge is -2.39. The molecular weight excluding hydrogens is 358 g/mol. The number of carbonyl (C=O) groups excluding carboxylic acids is 2. The Hall–Kier alpha value is -1.69. The number of likely N-dealkylation sites (tertiary alicyclic amines) is 1. The highest BCUT2D eigenvalue weighted by atomic mass is 32.2. The van der Waals surface area contributed by atoms with Gasteiger partial charge in [0.2, 0.25) is 5.91 Å². The SMILES string of the molecule is Cc1c(NCC(=O)N2C(C)CCCC2C)cccc1C(=O)N1CCSCC1. The summed E-state index contributed by atoms with van der Waals surface area (Å²) >= 11 is 1.90. The number of piperidine rings is 1. The number of thioether (sulfide) groups is 1. The number of anilines is 1. The first kappa shape index (κ1) is 20.1. The second kappa shape index (κ2) is 9.00. The summed E-state index contributed by atoms with van der Waals surface area (Å²) < 4.78 is 0. The van der Waals surface area contributed by atoms with Crippen molar-refractivity contribution in [3.8, 4) is 0 Å². The molecule has 2 atom stereocenters. The van der Waals surface area contributed by atoms with E-state index < -0.39 is 0 Å². The highest BCUT2D eigenvalue weighted by Crippen LogP contribution is 2.24. The quantitative estimate of drug-likeness (QED) is 0.858. The van der Waals surface area contributed by atoms with Crippen molar-refractivity contribution in [3.63, 3.8) is 0 Å². The van der Waals surface area contributed by atoms with Crippen LogP contribution in [0.25, 0.3) is 0 Å². The third-order valence-corrected chi connectivity index (χ3v) is 6.72. The van der Waals surface area contributed by atoms with Gasteiger partial charge in [0.05, 0.1) is 6.54 Å². The van der Waals surface area contributed by atoms with Gasteiger partial charge in [-0.3, -0.25) is 9.59 Å². The monoisotopic (exact) mass is 389 g/mol. The molecule has 2 fully saturated rings. The Bertz CT molecular complexity index is 678. The number of carbonyl (C=O) groups is 2. The second-order valence-corrected chi connectivity index (χ2v) is 8.89. The predicted octanol–water partition coefficient (Wildman–Crippen LogP) is 3.39. The number of rotatable bonds is 4. The van der Waals surface area contributed by atoms with Gasteiger partial charge in [-0.25, -0.2) is 0 Å². The molecule has 0 aromatic heterocycles. The van der Waals surface area contributed by atoms with Crippen LogP contribution in [0.1, 0.15) is 49.0 Å². The van der Waals surface area contributed by atoms with E-state index in [9.17, 15) is 9.59 Å². The van der Waals surface area contributed by atoms with Crippen molar-refractivity contribution in [2.45, 2.75) is 52.1 Å². The number of hydrogen-bond acceptors (Lipinski definition) is 4. The average molecular weight is 390 g/mol. The molecule has 148 valence electrons. The molecule has 27 heavy (non-hydrogen) atoms. The lowest BCUT2D eigenvalue weighted by atomic mass is 9.97. The van der Waals surface area contributed by atoms with Crippen LogP contribution in [0, 0.1) is 6.92 Å². The molecule has 2 unspecified atom stereocenters. The topological polar surface area (TPSA) is 52.7 Å². The number of nitrogens with zero attached hydrogens (tertiary/aromatic N) is 2. The molecule has 2 aliphatic rings. The average Bonchev–Trinajstić information content (AvgIpc) is 2.67. The lowest BCUT2D eigenvalue weighted by molar-refractivity contribution is -0.135. The van der Waals surface area contributed by atoms with Crippen LogP contribution in [-0.4, -0.2) is 64.8 Å². The van der Waals surface area contributed by atoms with Gasteiger partial charge < -0.3 is 15.1 Å². The third-order valence-electron chi connectivity index (χ3n) is 5.77. The van der Waals surface area contributed by atoms with Gasteiger partial charge >= 0.3 is 0 Å². The van der Waals surface area contributed by atoms with Crippen LogP contribution in [0.15, 0.2) is 18.2 Å². The van der Waals surface area contributed by atoms with E-state index in [0.29, 0.717) is 12.1 Å². The maximum atomic E-state index is 12.9. The molecule has 2 saturated heterocycles. The summed E-state index contributed by atoms with van der Waals surface area (Å²) in [5.41, 5.74) is 2.53. The Morgan fingerprint density at radius 3 is 2.48 bits per heavy atom. The molecule has 1 aromatic rings. The van der Waals surface area contributed by atoms with Crippen molar-refractivity contribution < 1.29 is 9.59 Å². The van der Waals surface area contributed by atoms with Gasteiger partial charge in [0.25, 0.3) is 5.91 Å². The molecule has 3 rings (SSSR count). The fourth-order valence-electron chi connectivity index (χ4n) is 4.17. The minimum absolute atomic E-state index is 0.0982. The van der Waals surface area contributed by atoms with E-state index in [0.717, 1.165) is 54.3 Å². The Morgan fingerprint density at radius 2 is 1.81 bits per heavy atom. The first-order valence-electron chi connectivity index (χ1n) is 10.0. The fraction of sp³-hybridized carbons (Fsp3) is 0.619. The van der Waals surface area contributed by atoms with Crippen LogP contribution in [0.3, 0.4) is 0 Å². The molecule has 5 nitrogen and oxygen atoms in total. The van der Waals surface area contributed by atoms with Gasteiger partial charge in [-0.15, -0.1) is 0 Å². The smallest absolute Gasteiger partial charge is 0.254 e. The highest BCUT2D eigenvalue weighted by molar-refractivity contribution is 7.99. The third kappa shape index (κ3) is 4.60. The molecule has 2 aliphatic heterocycles. The molecule has 1 aromatic carbocycles. The standard InChI is InChI=1S/C21H31N3O2S/c1-15-6-4-7-16(2)24(15)20(25)14-22-19-9-5-8-18(17(19)3)21(26)23-10-12-27-13-11-23/h5,8-9,15-16,22H,4,6-7,10-14H2,1-3H3. The summed E-state index contributed by atoms with van der Waals surface area (Å²) in [6.45, 7) is 8.12. The fourth-order valence-corrected chi connectivity index (χ4v) is 5.07. The van der Waals surface area contributed by atoms with Crippen molar-refractivity contribution in [2.24, 2.45) is 0 Å². The Morgan fingerprint density at radius 1 is 1.15 bits per heavy atom. The molecule has 1 N–H and O–H groups in total. The summed E-state index contributed by atoms with van der Waals surface area (Å²) in [5, 5.41) is 3.28. The van der Waals surface area contributed by atoms with Crippen molar-refractivity contribution in [1.82, 2.24) is 9.80 Å². The molecule has 0 aliphatic carbocycles. The van der Waals surface area contributed by atoms with Crippen LogP contribution >= 0.6 is 11.8 Å². The first-order chi connectivity index (χ1) is 13.0. The van der Waals surface area contributed by atoms with E-state index in [-0.39, 0.29) is 18.4 Å². The van der Waals surface area contributed by atoms with E-state index >= 15 is 0 Å². The molecule has 0 bridgehead atoms. The summed E-state index contributed by atoms with van der Waals surface area (Å²) in [4.78, 5) is 29.6. The largest absolute Gasteiger partial charge is 0.376 e. The minimum atomic E-state index is 0.0982. The molecule has 2 amide bonds. The molecular formula is C21H31N3O2S. The van der Waals surface area contributed by atoms with E-state index in [1.807, 2.05) is 46.7 Å². The Kier molecular flexibility index (Phi) is 6.68. The van der Waals surface area contributed by atoms with Crippen LogP contribution < -0.4 is 5.32 Å². The van der Waals surface area contributed by atoms with Crippen LogP contribution in [0.2, 0.25) is 0 Å². The van der Waals surface area contributed by atoms with Crippen molar-refractivity contribution in [1.29, 1.82) is 0 Å². The predicted molar refractivity (Wildman–Crippen MR) is 113 cm³/mol. The van der Waals surface area contributed by atoms with Gasteiger partial charge in [-0.05, 0) is 57.7 Å². The van der Waals surface area contributed by atoms with E-state index in [1.54, 1.807) is 0 Å². The lowest BCUT2D eigenvalue weighted by Crippen LogP contribution is -2.49. The summed E-state index contributed by atoms with van der Waals surface area (Å²) in [5.74, 6) is 2.24. The van der Waals surface area contributed by atoms with Crippen molar-refractivity contribution >= 4 is 29.3 Å². The zero-order valence-corrected chi connectivity index (χ0v) is 17.5. The van der Waals surface area contributed by atoms with E-state index in [1.165, 1.54) is 6.42 Å². The van der Waals surface area contributed by atoms with E-state index in [4.69, 9.17) is 0 Å². The van der Waals surface area contributed by atoms with Crippen LogP contribution in [-0.2, 0) is 4.79 Å². The van der Waals surface area contributed by atoms with Crippen molar-refractivity contribution in [2.75, 3.05) is 36.5 Å². The Balaban J connectivity index is 1.67. The molecule has 0 radical (unpaired) electrons. The normalized spacial score (nSPS) is 23.2. The molecule has 0 spiro atoms. The second-order valence-electron chi connectivity index (χ2n) is 7.67. The first-order valence-corrected chi connectivity index (χ1v) is 11.2. The number of nitrogens with one attached hydrogen (secondary N) is 1. The minimum Gasteiger partial charge on any atom is -0.376 e. The number of hydrogen-bond donors (Lipinski definition) is 1. The summed E-state index contributed by atoms with van der Waals surface area (Å²) in [6, 6.07) is 6.34. The van der Waals surface area contributed by atoms with E-state index in [2.05, 4.69) is 19.2 Å². The van der Waals surface area contributed by atoms with Crippen LogP contribution in [0.5, 0.6) is 0 Å². The van der Waals surface area contributed by atoms with Gasteiger partial charge in [-0.1, -0.05) is 6.07 Å². The van der Waals surface area contributed by atoms with Crippen molar-refractivity contribution in [3.05, 3.63) is 29.3 Å². The maximum Gasteiger partial charge on any atom is 0.254 e. The van der Waals surface area contributed by atoms with Gasteiger partial charge in [-0.2, -0.15) is 11.8 Å². The van der Waals surface area contributed by atoms with Gasteiger partial charge in [0.1, 0.15) is 0 Å². The number of amides is 2. The number of benzene rings is 1.